The maximum Gasteiger partial charge on any atom is 0.0691 e. The highest BCUT2D eigenvalue weighted by molar-refractivity contribution is 5.80. The van der Waals surface area contributed by atoms with Crippen molar-refractivity contribution in [2.75, 3.05) is 13.6 Å². The van der Waals surface area contributed by atoms with E-state index in [4.69, 9.17) is 0 Å². The van der Waals surface area contributed by atoms with Gasteiger partial charge in [0.25, 0.3) is 0 Å². The van der Waals surface area contributed by atoms with Gasteiger partial charge in [0.15, 0.2) is 0 Å². The number of fused-ring (bicyclic) bond motifs is 1. The topological polar surface area (TPSA) is 29.9 Å². The third-order valence-electron chi connectivity index (χ3n) is 2.48. The molecule has 0 aliphatic rings. The summed E-state index contributed by atoms with van der Waals surface area (Å²) < 4.78 is 1.87. The Morgan fingerprint density at radius 1 is 1.44 bits per heavy atom. The van der Waals surface area contributed by atoms with Gasteiger partial charge in [0.1, 0.15) is 0 Å². The van der Waals surface area contributed by atoms with Crippen LogP contribution in [0.3, 0.4) is 0 Å². The minimum absolute atomic E-state index is 0.875. The Balaban J connectivity index is 2.24. The molecule has 0 aliphatic heterocycles. The van der Waals surface area contributed by atoms with Crippen LogP contribution in [0.4, 0.5) is 0 Å². The first-order valence-corrected chi connectivity index (χ1v) is 5.36. The Bertz CT molecular complexity index is 543. The summed E-state index contributed by atoms with van der Waals surface area (Å²) in [5, 5.41) is 8.43. The molecular weight excluding hydrogens is 198 g/mol. The van der Waals surface area contributed by atoms with E-state index in [0.29, 0.717) is 0 Å². The number of hydrogen-bond donors (Lipinski definition) is 1. The molecule has 1 heterocycles. The number of nitrogens with one attached hydrogen (secondary N) is 1. The Morgan fingerprint density at radius 3 is 3.12 bits per heavy atom. The summed E-state index contributed by atoms with van der Waals surface area (Å²) in [4.78, 5) is 0. The van der Waals surface area contributed by atoms with Crippen molar-refractivity contribution in [1.82, 2.24) is 15.1 Å². The molecule has 0 unspecified atom stereocenters. The fourth-order valence-corrected chi connectivity index (χ4v) is 1.57. The summed E-state index contributed by atoms with van der Waals surface area (Å²) in [5.74, 6) is 6.29. The second kappa shape index (κ2) is 4.82. The van der Waals surface area contributed by atoms with Gasteiger partial charge in [-0.2, -0.15) is 5.10 Å². The van der Waals surface area contributed by atoms with E-state index in [-0.39, 0.29) is 0 Å². The van der Waals surface area contributed by atoms with Crippen LogP contribution in [0, 0.1) is 11.8 Å². The van der Waals surface area contributed by atoms with Gasteiger partial charge >= 0.3 is 0 Å². The molecule has 0 saturated carbocycles. The molecule has 0 spiro atoms. The molecule has 0 radical (unpaired) electrons. The molecule has 82 valence electrons. The minimum atomic E-state index is 0.875. The van der Waals surface area contributed by atoms with Gasteiger partial charge in [-0.3, -0.25) is 4.68 Å². The van der Waals surface area contributed by atoms with E-state index in [0.717, 1.165) is 29.4 Å². The Labute approximate surface area is 95.5 Å². The third-order valence-corrected chi connectivity index (χ3v) is 2.48. The Hall–Kier alpha value is -1.79. The van der Waals surface area contributed by atoms with Crippen LogP contribution in [-0.2, 0) is 7.05 Å². The lowest BCUT2D eigenvalue weighted by Crippen LogP contribution is -2.05. The summed E-state index contributed by atoms with van der Waals surface area (Å²) in [7, 11) is 3.88. The van der Waals surface area contributed by atoms with Crippen LogP contribution in [0.1, 0.15) is 12.0 Å². The van der Waals surface area contributed by atoms with Crippen molar-refractivity contribution in [3.63, 3.8) is 0 Å². The van der Waals surface area contributed by atoms with E-state index in [1.54, 1.807) is 0 Å². The van der Waals surface area contributed by atoms with Crippen molar-refractivity contribution in [3.05, 3.63) is 30.0 Å². The van der Waals surface area contributed by atoms with Crippen LogP contribution in [0.5, 0.6) is 0 Å². The normalized spacial score (nSPS) is 10.1. The van der Waals surface area contributed by atoms with E-state index < -0.39 is 0 Å². The predicted octanol–water partition coefficient (Wildman–Crippen LogP) is 1.53. The van der Waals surface area contributed by atoms with Crippen molar-refractivity contribution >= 4 is 10.9 Å². The first-order valence-electron chi connectivity index (χ1n) is 5.36. The van der Waals surface area contributed by atoms with Crippen LogP contribution in [0.25, 0.3) is 10.9 Å². The van der Waals surface area contributed by atoms with E-state index in [1.807, 2.05) is 31.0 Å². The molecule has 1 aromatic carbocycles. The fraction of sp³-hybridized carbons (Fsp3) is 0.308. The van der Waals surface area contributed by atoms with Gasteiger partial charge in [0.05, 0.1) is 11.7 Å². The van der Waals surface area contributed by atoms with Crippen molar-refractivity contribution in [1.29, 1.82) is 0 Å². The molecule has 16 heavy (non-hydrogen) atoms. The minimum Gasteiger partial charge on any atom is -0.319 e. The zero-order chi connectivity index (χ0) is 11.4. The number of hydrogen-bond acceptors (Lipinski definition) is 2. The molecule has 1 aromatic heterocycles. The second-order valence-corrected chi connectivity index (χ2v) is 3.70. The smallest absolute Gasteiger partial charge is 0.0691 e. The number of rotatable bonds is 2. The van der Waals surface area contributed by atoms with E-state index >= 15 is 0 Å². The third kappa shape index (κ3) is 2.23. The van der Waals surface area contributed by atoms with Crippen molar-refractivity contribution in [2.24, 2.45) is 7.05 Å². The lowest BCUT2D eigenvalue weighted by molar-refractivity contribution is 0.797. The van der Waals surface area contributed by atoms with E-state index in [1.165, 1.54) is 0 Å². The molecule has 0 saturated heterocycles. The molecule has 2 aromatic rings. The van der Waals surface area contributed by atoms with Gasteiger partial charge in [-0.25, -0.2) is 0 Å². The van der Waals surface area contributed by atoms with Crippen LogP contribution in [0.15, 0.2) is 24.4 Å². The van der Waals surface area contributed by atoms with E-state index in [2.05, 4.69) is 34.4 Å². The van der Waals surface area contributed by atoms with Gasteiger partial charge in [-0.15, -0.1) is 0 Å². The molecule has 3 heteroatoms. The van der Waals surface area contributed by atoms with Gasteiger partial charge in [-0.05, 0) is 25.2 Å². The van der Waals surface area contributed by atoms with Crippen LogP contribution in [-0.4, -0.2) is 23.4 Å². The summed E-state index contributed by atoms with van der Waals surface area (Å²) in [6.45, 7) is 0.932. The van der Waals surface area contributed by atoms with Gasteiger partial charge in [-0.1, -0.05) is 11.8 Å². The number of benzene rings is 1. The summed E-state index contributed by atoms with van der Waals surface area (Å²) >= 11 is 0. The molecule has 0 atom stereocenters. The zero-order valence-electron chi connectivity index (χ0n) is 9.62. The van der Waals surface area contributed by atoms with Crippen molar-refractivity contribution < 1.29 is 0 Å². The number of aromatic nitrogens is 2. The number of aryl methyl sites for hydroxylation is 1. The zero-order valence-corrected chi connectivity index (χ0v) is 9.62. The van der Waals surface area contributed by atoms with Crippen molar-refractivity contribution in [2.45, 2.75) is 6.42 Å². The average molecular weight is 213 g/mol. The maximum atomic E-state index is 4.21. The van der Waals surface area contributed by atoms with Crippen LogP contribution in [0.2, 0.25) is 0 Å². The molecule has 0 fully saturated rings. The fourth-order valence-electron chi connectivity index (χ4n) is 1.57. The highest BCUT2D eigenvalue weighted by Gasteiger charge is 1.98. The first kappa shape index (κ1) is 10.7. The summed E-state index contributed by atoms with van der Waals surface area (Å²) in [6.07, 6.45) is 2.74. The van der Waals surface area contributed by atoms with Gasteiger partial charge in [0.2, 0.25) is 0 Å². The molecule has 0 aliphatic carbocycles. The molecular formula is C13H15N3. The van der Waals surface area contributed by atoms with Gasteiger partial charge in [0, 0.05) is 31.0 Å². The van der Waals surface area contributed by atoms with Crippen molar-refractivity contribution in [3.8, 4) is 11.8 Å². The van der Waals surface area contributed by atoms with E-state index in [9.17, 15) is 0 Å². The molecule has 1 N–H and O–H groups in total. The Morgan fingerprint density at radius 2 is 2.31 bits per heavy atom. The highest BCUT2D eigenvalue weighted by atomic mass is 15.2. The highest BCUT2D eigenvalue weighted by Crippen LogP contribution is 2.13. The molecule has 0 bridgehead atoms. The average Bonchev–Trinajstić information content (AvgIpc) is 2.67. The largest absolute Gasteiger partial charge is 0.319 e. The van der Waals surface area contributed by atoms with Crippen LogP contribution >= 0.6 is 0 Å². The summed E-state index contributed by atoms with van der Waals surface area (Å²) in [5.41, 5.74) is 2.17. The first-order chi connectivity index (χ1) is 7.81. The molecule has 2 rings (SSSR count). The number of nitrogens with zero attached hydrogens (tertiary/aromatic N) is 2. The SMILES string of the molecule is CNCCC#Cc1ccc2cnn(C)c2c1. The van der Waals surface area contributed by atoms with Gasteiger partial charge < -0.3 is 5.32 Å². The lowest BCUT2D eigenvalue weighted by Gasteiger charge is -1.95. The Kier molecular flexibility index (Phi) is 3.23. The predicted molar refractivity (Wildman–Crippen MR) is 66.1 cm³/mol. The second-order valence-electron chi connectivity index (χ2n) is 3.70. The van der Waals surface area contributed by atoms with Crippen LogP contribution < -0.4 is 5.32 Å². The monoisotopic (exact) mass is 213 g/mol. The summed E-state index contributed by atoms with van der Waals surface area (Å²) in [6, 6.07) is 6.18. The lowest BCUT2D eigenvalue weighted by atomic mass is 10.1. The quantitative estimate of drug-likeness (QED) is 0.605. The standard InChI is InChI=1S/C13H15N3/c1-14-8-4-3-5-11-6-7-12-10-15-16(2)13(12)9-11/h6-7,9-10,14H,4,8H2,1-2H3. The molecule has 0 amide bonds. The molecule has 3 nitrogen and oxygen atoms in total. The maximum absolute atomic E-state index is 4.21.